The van der Waals surface area contributed by atoms with E-state index in [-0.39, 0.29) is 5.04 Å². The fraction of sp³-hybridized carbons (Fsp3) is 1.00. The van der Waals surface area contributed by atoms with Gasteiger partial charge >= 0.3 is 0 Å². The fourth-order valence-corrected chi connectivity index (χ4v) is 5.81. The Labute approximate surface area is 344 Å². The van der Waals surface area contributed by atoms with Gasteiger partial charge in [-0.05, 0) is 24.6 Å². The summed E-state index contributed by atoms with van der Waals surface area (Å²) in [6.07, 6.45) is 13.4. The van der Waals surface area contributed by atoms with Gasteiger partial charge in [-0.3, -0.25) is 0 Å². The number of unbranched alkanes of at least 4 members (excludes halogenated alkanes) is 9. The van der Waals surface area contributed by atoms with Crippen LogP contribution >= 0.6 is 0 Å². The molecule has 0 heterocycles. The van der Waals surface area contributed by atoms with Crippen molar-refractivity contribution in [2.24, 2.45) is 0 Å². The lowest BCUT2D eigenvalue weighted by atomic mass is 10.1. The van der Waals surface area contributed by atoms with Crippen molar-refractivity contribution in [3.63, 3.8) is 0 Å². The van der Waals surface area contributed by atoms with Crippen LogP contribution in [0.1, 0.15) is 91.9 Å². The number of hydrogen-bond acceptors (Lipinski definition) is 13. The highest BCUT2D eigenvalue weighted by atomic mass is 28.4. The second-order valence-corrected chi connectivity index (χ2v) is 19.9. The molecule has 0 atom stereocenters. The van der Waals surface area contributed by atoms with Crippen LogP contribution in [0.15, 0.2) is 0 Å². The summed E-state index contributed by atoms with van der Waals surface area (Å²) in [4.78, 5) is 0. The maximum atomic E-state index is 6.09. The van der Waals surface area contributed by atoms with Crippen LogP contribution in [0.25, 0.3) is 0 Å². The van der Waals surface area contributed by atoms with Crippen LogP contribution in [0.2, 0.25) is 18.1 Å². The smallest absolute Gasteiger partial charge is 0.192 e. The molecular formula is C42H88O13Si. The van der Waals surface area contributed by atoms with Gasteiger partial charge in [-0.15, -0.1) is 0 Å². The van der Waals surface area contributed by atoms with E-state index in [1.54, 1.807) is 0 Å². The minimum atomic E-state index is -1.70. The summed E-state index contributed by atoms with van der Waals surface area (Å²) in [6.45, 7) is 27.4. The third-order valence-electron chi connectivity index (χ3n) is 9.23. The lowest BCUT2D eigenvalue weighted by Gasteiger charge is -2.36. The molecule has 0 aliphatic carbocycles. The first-order valence-corrected chi connectivity index (χ1v) is 24.8. The summed E-state index contributed by atoms with van der Waals surface area (Å²) >= 11 is 0. The molecule has 338 valence electrons. The Morgan fingerprint density at radius 2 is 0.464 bits per heavy atom. The van der Waals surface area contributed by atoms with Gasteiger partial charge in [-0.1, -0.05) is 85.5 Å². The number of rotatable bonds is 48. The first kappa shape index (κ1) is 55.7. The van der Waals surface area contributed by atoms with Crippen molar-refractivity contribution in [3.8, 4) is 0 Å². The van der Waals surface area contributed by atoms with Crippen molar-refractivity contribution >= 4 is 8.32 Å². The average Bonchev–Trinajstić information content (AvgIpc) is 3.17. The number of ether oxygens (including phenoxy) is 12. The summed E-state index contributed by atoms with van der Waals surface area (Å²) in [5.41, 5.74) is 0. The van der Waals surface area contributed by atoms with E-state index in [1.165, 1.54) is 57.8 Å². The van der Waals surface area contributed by atoms with Gasteiger partial charge in [0, 0.05) is 6.61 Å². The van der Waals surface area contributed by atoms with Crippen LogP contribution in [0.5, 0.6) is 0 Å². The first-order chi connectivity index (χ1) is 27.3. The SMILES string of the molecule is CCCCCCCCCCCCOCCOCCOCCOCCOCCOCCOCCOCCOCCOCCOCCOCCO[Si](C)(C)C(C)(C)C. The van der Waals surface area contributed by atoms with E-state index in [0.29, 0.717) is 159 Å². The van der Waals surface area contributed by atoms with Crippen molar-refractivity contribution in [2.45, 2.75) is 110 Å². The Balaban J connectivity index is 3.11. The van der Waals surface area contributed by atoms with Crippen LogP contribution < -0.4 is 0 Å². The topological polar surface area (TPSA) is 120 Å². The fourth-order valence-electron chi connectivity index (χ4n) is 4.78. The molecule has 0 saturated heterocycles. The first-order valence-electron chi connectivity index (χ1n) is 21.9. The Morgan fingerprint density at radius 1 is 0.268 bits per heavy atom. The summed E-state index contributed by atoms with van der Waals surface area (Å²) in [6, 6.07) is 0. The monoisotopic (exact) mass is 829 g/mol. The lowest BCUT2D eigenvalue weighted by Crippen LogP contribution is -2.41. The van der Waals surface area contributed by atoms with Gasteiger partial charge in [0.15, 0.2) is 8.32 Å². The van der Waals surface area contributed by atoms with E-state index in [4.69, 9.17) is 61.3 Å². The Kier molecular flexibility index (Phi) is 44.0. The molecule has 13 nitrogen and oxygen atoms in total. The molecule has 0 unspecified atom stereocenters. The molecule has 0 aliphatic heterocycles. The van der Waals surface area contributed by atoms with Gasteiger partial charge in [0.2, 0.25) is 0 Å². The van der Waals surface area contributed by atoms with Crippen molar-refractivity contribution in [1.82, 2.24) is 0 Å². The third-order valence-corrected chi connectivity index (χ3v) is 13.8. The summed E-state index contributed by atoms with van der Waals surface area (Å²) < 4.78 is 72.6. The minimum absolute atomic E-state index is 0.217. The predicted molar refractivity (Wildman–Crippen MR) is 225 cm³/mol. The maximum absolute atomic E-state index is 6.09. The van der Waals surface area contributed by atoms with Crippen LogP contribution in [0, 0.1) is 0 Å². The van der Waals surface area contributed by atoms with E-state index >= 15 is 0 Å². The van der Waals surface area contributed by atoms with Crippen LogP contribution in [-0.4, -0.2) is 173 Å². The van der Waals surface area contributed by atoms with Gasteiger partial charge in [-0.25, -0.2) is 0 Å². The molecule has 56 heavy (non-hydrogen) atoms. The van der Waals surface area contributed by atoms with Gasteiger partial charge < -0.3 is 61.3 Å². The molecule has 0 fully saturated rings. The highest BCUT2D eigenvalue weighted by Gasteiger charge is 2.36. The van der Waals surface area contributed by atoms with Crippen LogP contribution in [-0.2, 0) is 61.3 Å². The standard InChI is InChI=1S/C42H88O13Si/c1-7-8-9-10-11-12-13-14-15-16-17-43-18-19-44-20-21-45-22-23-46-24-25-47-26-27-48-28-29-49-30-31-50-32-33-51-34-35-52-36-37-53-38-39-54-40-41-55-56(5,6)42(2,3)4/h7-41H2,1-6H3. The molecule has 0 aromatic carbocycles. The quantitative estimate of drug-likeness (QED) is 0.0458. The minimum Gasteiger partial charge on any atom is -0.414 e. The molecular weight excluding hydrogens is 741 g/mol. The van der Waals surface area contributed by atoms with E-state index < -0.39 is 8.32 Å². The molecule has 14 heteroatoms. The summed E-state index contributed by atoms with van der Waals surface area (Å²) in [5, 5.41) is 0.217. The zero-order valence-corrected chi connectivity index (χ0v) is 38.1. The highest BCUT2D eigenvalue weighted by Crippen LogP contribution is 2.36. The molecule has 0 radical (unpaired) electrons. The predicted octanol–water partition coefficient (Wildman–Crippen LogP) is 7.13. The van der Waals surface area contributed by atoms with E-state index in [9.17, 15) is 0 Å². The molecule has 0 amide bonds. The molecule has 0 bridgehead atoms. The largest absolute Gasteiger partial charge is 0.414 e. The Hall–Kier alpha value is -0.303. The van der Waals surface area contributed by atoms with Crippen LogP contribution in [0.3, 0.4) is 0 Å². The normalized spacial score (nSPS) is 12.3. The number of hydrogen-bond donors (Lipinski definition) is 0. The molecule has 0 aromatic rings. The van der Waals surface area contributed by atoms with Crippen molar-refractivity contribution < 1.29 is 61.3 Å². The molecule has 0 aromatic heterocycles. The second kappa shape index (κ2) is 44.3. The summed E-state index contributed by atoms with van der Waals surface area (Å²) in [7, 11) is -1.70. The zero-order valence-electron chi connectivity index (χ0n) is 37.1. The third kappa shape index (κ3) is 43.3. The molecule has 0 saturated carbocycles. The summed E-state index contributed by atoms with van der Waals surface area (Å²) in [5.74, 6) is 0. The Morgan fingerprint density at radius 3 is 0.696 bits per heavy atom. The van der Waals surface area contributed by atoms with Gasteiger partial charge in [0.25, 0.3) is 0 Å². The molecule has 0 aliphatic rings. The van der Waals surface area contributed by atoms with Crippen molar-refractivity contribution in [1.29, 1.82) is 0 Å². The maximum Gasteiger partial charge on any atom is 0.192 e. The molecule has 0 N–H and O–H groups in total. The Bertz CT molecular complexity index is 746. The molecule has 0 rings (SSSR count). The highest BCUT2D eigenvalue weighted by molar-refractivity contribution is 6.74. The lowest BCUT2D eigenvalue weighted by molar-refractivity contribution is -0.0285. The van der Waals surface area contributed by atoms with Crippen molar-refractivity contribution in [3.05, 3.63) is 0 Å². The van der Waals surface area contributed by atoms with Crippen molar-refractivity contribution in [2.75, 3.05) is 165 Å². The van der Waals surface area contributed by atoms with Gasteiger partial charge in [-0.2, -0.15) is 0 Å². The van der Waals surface area contributed by atoms with Gasteiger partial charge in [0.05, 0.1) is 159 Å². The van der Waals surface area contributed by atoms with E-state index in [1.807, 2.05) is 0 Å². The second-order valence-electron chi connectivity index (χ2n) is 15.1. The van der Waals surface area contributed by atoms with Crippen LogP contribution in [0.4, 0.5) is 0 Å². The van der Waals surface area contributed by atoms with E-state index in [0.717, 1.165) is 13.0 Å². The van der Waals surface area contributed by atoms with Gasteiger partial charge in [0.1, 0.15) is 0 Å². The zero-order chi connectivity index (χ0) is 40.9. The average molecular weight is 829 g/mol. The molecule has 0 spiro atoms. The van der Waals surface area contributed by atoms with E-state index in [2.05, 4.69) is 40.8 Å².